The van der Waals surface area contributed by atoms with E-state index in [4.69, 9.17) is 14.2 Å². The summed E-state index contributed by atoms with van der Waals surface area (Å²) in [5.41, 5.74) is 1.40. The number of carbonyl (C=O) groups is 1. The monoisotopic (exact) mass is 528 g/mol. The summed E-state index contributed by atoms with van der Waals surface area (Å²) in [6, 6.07) is 17.3. The Hall–Kier alpha value is -3.63. The molecule has 1 fully saturated rings. The molecule has 4 rings (SSSR count). The van der Waals surface area contributed by atoms with Gasteiger partial charge < -0.3 is 19.5 Å². The topological polar surface area (TPSA) is 94.2 Å². The van der Waals surface area contributed by atoms with Crippen molar-refractivity contribution >= 4 is 15.9 Å². The van der Waals surface area contributed by atoms with Crippen LogP contribution in [0.1, 0.15) is 17.0 Å². The van der Waals surface area contributed by atoms with Crippen LogP contribution in [0, 0.1) is 11.7 Å². The Kier molecular flexibility index (Phi) is 7.99. The summed E-state index contributed by atoms with van der Waals surface area (Å²) in [5, 5.41) is 2.88. The van der Waals surface area contributed by atoms with Crippen molar-refractivity contribution in [2.24, 2.45) is 5.92 Å². The van der Waals surface area contributed by atoms with Crippen molar-refractivity contribution in [3.8, 4) is 17.2 Å². The van der Waals surface area contributed by atoms with Crippen LogP contribution in [0.5, 0.6) is 17.2 Å². The molecule has 0 saturated carbocycles. The number of benzene rings is 3. The molecule has 196 valence electrons. The van der Waals surface area contributed by atoms with E-state index in [0.29, 0.717) is 22.8 Å². The van der Waals surface area contributed by atoms with Gasteiger partial charge in [-0.25, -0.2) is 12.8 Å². The van der Waals surface area contributed by atoms with Crippen LogP contribution < -0.4 is 19.5 Å². The number of para-hydroxylation sites is 1. The Labute approximate surface area is 216 Å². The number of rotatable bonds is 9. The van der Waals surface area contributed by atoms with Gasteiger partial charge in [-0.2, -0.15) is 4.31 Å². The smallest absolute Gasteiger partial charge is 0.243 e. The lowest BCUT2D eigenvalue weighted by Crippen LogP contribution is -2.35. The zero-order valence-electron chi connectivity index (χ0n) is 20.8. The average Bonchev–Trinajstić information content (AvgIpc) is 3.38. The number of nitrogens with zero attached hydrogens (tertiary/aromatic N) is 1. The van der Waals surface area contributed by atoms with Gasteiger partial charge in [0.15, 0.2) is 11.5 Å². The molecule has 1 saturated heterocycles. The van der Waals surface area contributed by atoms with Gasteiger partial charge >= 0.3 is 0 Å². The van der Waals surface area contributed by atoms with Gasteiger partial charge in [0.2, 0.25) is 15.9 Å². The van der Waals surface area contributed by atoms with Gasteiger partial charge in [-0.3, -0.25) is 4.79 Å². The second kappa shape index (κ2) is 11.2. The summed E-state index contributed by atoms with van der Waals surface area (Å²) in [5.74, 6) is -0.391. The summed E-state index contributed by atoms with van der Waals surface area (Å²) in [4.78, 5) is 13.5. The van der Waals surface area contributed by atoms with Crippen LogP contribution in [0.25, 0.3) is 0 Å². The lowest BCUT2D eigenvalue weighted by molar-refractivity contribution is -0.125. The summed E-state index contributed by atoms with van der Waals surface area (Å²) < 4.78 is 57.8. The minimum atomic E-state index is -3.89. The third kappa shape index (κ3) is 5.55. The molecule has 0 radical (unpaired) electrons. The molecule has 1 N–H and O–H groups in total. The highest BCUT2D eigenvalue weighted by atomic mass is 32.2. The van der Waals surface area contributed by atoms with E-state index in [-0.39, 0.29) is 36.3 Å². The lowest BCUT2D eigenvalue weighted by atomic mass is 9.87. The summed E-state index contributed by atoms with van der Waals surface area (Å²) in [6.07, 6.45) is 0. The number of sulfonamides is 1. The molecule has 37 heavy (non-hydrogen) atoms. The van der Waals surface area contributed by atoms with Crippen molar-refractivity contribution in [1.82, 2.24) is 9.62 Å². The first kappa shape index (κ1) is 26.4. The molecule has 0 aliphatic carbocycles. The number of halogens is 1. The number of methoxy groups -OCH3 is 3. The van der Waals surface area contributed by atoms with Crippen molar-refractivity contribution in [3.63, 3.8) is 0 Å². The van der Waals surface area contributed by atoms with Gasteiger partial charge in [-0.1, -0.05) is 24.3 Å². The molecule has 2 unspecified atom stereocenters. The number of nitrogens with one attached hydrogen (secondary N) is 1. The summed E-state index contributed by atoms with van der Waals surface area (Å²) in [7, 11) is 0.634. The molecule has 0 bridgehead atoms. The van der Waals surface area contributed by atoms with E-state index in [1.54, 1.807) is 36.4 Å². The van der Waals surface area contributed by atoms with Gasteiger partial charge in [0.05, 0.1) is 32.1 Å². The number of amides is 1. The quantitative estimate of drug-likeness (QED) is 0.457. The predicted molar refractivity (Wildman–Crippen MR) is 136 cm³/mol. The molecule has 1 aliphatic rings. The lowest BCUT2D eigenvalue weighted by Gasteiger charge is -2.22. The maximum atomic E-state index is 13.5. The zero-order chi connectivity index (χ0) is 26.6. The van der Waals surface area contributed by atoms with Crippen molar-refractivity contribution in [2.45, 2.75) is 17.4 Å². The van der Waals surface area contributed by atoms with E-state index < -0.39 is 21.9 Å². The molecule has 10 heteroatoms. The van der Waals surface area contributed by atoms with E-state index in [1.807, 2.05) is 6.07 Å². The minimum absolute atomic E-state index is 0.0192. The standard InChI is InChI=1S/C27H29FN2O6S/c1-34-20-11-13-21(14-12-20)37(32,33)30-16-23(22-5-4-6-25(35-2)26(22)36-3)24(17-30)27(31)29-15-18-7-9-19(28)10-8-18/h4-14,23-24H,15-17H2,1-3H3,(H,29,31). The molecule has 1 amide bonds. The fourth-order valence-electron chi connectivity index (χ4n) is 4.57. The molecule has 3 aromatic rings. The van der Waals surface area contributed by atoms with Crippen LogP contribution in [-0.2, 0) is 21.4 Å². The van der Waals surface area contributed by atoms with Crippen molar-refractivity contribution in [2.75, 3.05) is 34.4 Å². The van der Waals surface area contributed by atoms with Crippen LogP contribution in [0.2, 0.25) is 0 Å². The number of hydrogen-bond donors (Lipinski definition) is 1. The Morgan fingerprint density at radius 1 is 0.946 bits per heavy atom. The molecule has 0 spiro atoms. The Morgan fingerprint density at radius 2 is 1.65 bits per heavy atom. The number of carbonyl (C=O) groups excluding carboxylic acids is 1. The first-order chi connectivity index (χ1) is 17.8. The van der Waals surface area contributed by atoms with E-state index in [2.05, 4.69) is 5.32 Å². The number of ether oxygens (including phenoxy) is 3. The first-order valence-electron chi connectivity index (χ1n) is 11.7. The van der Waals surface area contributed by atoms with Crippen LogP contribution in [-0.4, -0.2) is 53.0 Å². The van der Waals surface area contributed by atoms with Gasteiger partial charge in [0.1, 0.15) is 11.6 Å². The third-order valence-electron chi connectivity index (χ3n) is 6.53. The van der Waals surface area contributed by atoms with Crippen molar-refractivity contribution < 1.29 is 31.8 Å². The van der Waals surface area contributed by atoms with Crippen LogP contribution in [0.4, 0.5) is 4.39 Å². The van der Waals surface area contributed by atoms with Gasteiger partial charge in [0, 0.05) is 31.1 Å². The van der Waals surface area contributed by atoms with Crippen LogP contribution >= 0.6 is 0 Å². The normalized spacial score (nSPS) is 17.8. The second-order valence-electron chi connectivity index (χ2n) is 8.64. The zero-order valence-corrected chi connectivity index (χ0v) is 21.6. The van der Waals surface area contributed by atoms with Gasteiger partial charge in [0.25, 0.3) is 0 Å². The first-order valence-corrected chi connectivity index (χ1v) is 13.1. The molecule has 2 atom stereocenters. The maximum absolute atomic E-state index is 13.5. The van der Waals surface area contributed by atoms with Crippen molar-refractivity contribution in [1.29, 1.82) is 0 Å². The van der Waals surface area contributed by atoms with E-state index >= 15 is 0 Å². The molecule has 0 aromatic heterocycles. The van der Waals surface area contributed by atoms with E-state index in [0.717, 1.165) is 5.56 Å². The fraction of sp³-hybridized carbons (Fsp3) is 0.296. The molecule has 3 aromatic carbocycles. The highest BCUT2D eigenvalue weighted by molar-refractivity contribution is 7.89. The molecular weight excluding hydrogens is 499 g/mol. The summed E-state index contributed by atoms with van der Waals surface area (Å²) in [6.45, 7) is 0.240. The van der Waals surface area contributed by atoms with Crippen molar-refractivity contribution in [3.05, 3.63) is 83.7 Å². The van der Waals surface area contributed by atoms with Crippen LogP contribution in [0.15, 0.2) is 71.6 Å². The Bertz CT molecular complexity index is 1350. The fourth-order valence-corrected chi connectivity index (χ4v) is 6.06. The predicted octanol–water partition coefficient (Wildman–Crippen LogP) is 3.57. The van der Waals surface area contributed by atoms with Crippen LogP contribution in [0.3, 0.4) is 0 Å². The highest BCUT2D eigenvalue weighted by Crippen LogP contribution is 2.43. The van der Waals surface area contributed by atoms with Gasteiger partial charge in [-0.05, 0) is 48.0 Å². The molecule has 1 aliphatic heterocycles. The second-order valence-corrected chi connectivity index (χ2v) is 10.6. The third-order valence-corrected chi connectivity index (χ3v) is 8.38. The molecule has 8 nitrogen and oxygen atoms in total. The maximum Gasteiger partial charge on any atom is 0.243 e. The minimum Gasteiger partial charge on any atom is -0.497 e. The Balaban J connectivity index is 1.66. The SMILES string of the molecule is COc1ccc(S(=O)(=O)N2CC(C(=O)NCc3ccc(F)cc3)C(c3cccc(OC)c3OC)C2)cc1. The van der Waals surface area contributed by atoms with E-state index in [1.165, 1.54) is 49.9 Å². The highest BCUT2D eigenvalue weighted by Gasteiger charge is 2.44. The molecular formula is C27H29FN2O6S. The number of hydrogen-bond acceptors (Lipinski definition) is 6. The van der Waals surface area contributed by atoms with E-state index in [9.17, 15) is 17.6 Å². The molecule has 1 heterocycles. The largest absolute Gasteiger partial charge is 0.497 e. The van der Waals surface area contributed by atoms with Gasteiger partial charge in [-0.15, -0.1) is 0 Å². The Morgan fingerprint density at radius 3 is 2.27 bits per heavy atom. The summed E-state index contributed by atoms with van der Waals surface area (Å²) >= 11 is 0. The average molecular weight is 529 g/mol.